The van der Waals surface area contributed by atoms with Gasteiger partial charge in [0.2, 0.25) is 0 Å². The maximum Gasteiger partial charge on any atom is 0.254 e. The summed E-state index contributed by atoms with van der Waals surface area (Å²) in [7, 11) is 1.99. The second-order valence-electron chi connectivity index (χ2n) is 2.34. The number of aliphatic hydroxyl groups excluding tert-OH is 1. The molecule has 0 unspecified atom stereocenters. The summed E-state index contributed by atoms with van der Waals surface area (Å²) in [5.41, 5.74) is 0. The van der Waals surface area contributed by atoms with E-state index in [0.29, 0.717) is 0 Å². The van der Waals surface area contributed by atoms with Crippen molar-refractivity contribution in [1.29, 1.82) is 0 Å². The van der Waals surface area contributed by atoms with E-state index in [0.717, 1.165) is 18.7 Å². The van der Waals surface area contributed by atoms with Gasteiger partial charge in [-0.15, -0.1) is 0 Å². The lowest BCUT2D eigenvalue weighted by molar-refractivity contribution is -0.677. The van der Waals surface area contributed by atoms with E-state index in [2.05, 4.69) is 4.98 Å². The zero-order valence-electron chi connectivity index (χ0n) is 6.17. The van der Waals surface area contributed by atoms with Gasteiger partial charge in [0.1, 0.15) is 12.4 Å². The number of nitrogens with zero attached hydrogens (tertiary/aromatic N) is 1. The molecule has 56 valence electrons. The first kappa shape index (κ1) is 7.28. The minimum Gasteiger partial charge on any atom is -0.396 e. The van der Waals surface area contributed by atoms with Crippen LogP contribution in [-0.2, 0) is 13.5 Å². The normalized spacial score (nSPS) is 10.2. The summed E-state index contributed by atoms with van der Waals surface area (Å²) in [6.45, 7) is 0.263. The molecule has 1 rings (SSSR count). The Morgan fingerprint density at radius 2 is 2.50 bits per heavy atom. The fourth-order valence-corrected chi connectivity index (χ4v) is 0.932. The van der Waals surface area contributed by atoms with Gasteiger partial charge in [-0.2, -0.15) is 0 Å². The monoisotopic (exact) mass is 141 g/mol. The van der Waals surface area contributed by atoms with Gasteiger partial charge >= 0.3 is 0 Å². The van der Waals surface area contributed by atoms with Crippen LogP contribution in [0.1, 0.15) is 12.2 Å². The van der Waals surface area contributed by atoms with E-state index >= 15 is 0 Å². The molecule has 0 saturated carbocycles. The van der Waals surface area contributed by atoms with E-state index in [4.69, 9.17) is 5.11 Å². The van der Waals surface area contributed by atoms with Crippen LogP contribution in [-0.4, -0.2) is 16.7 Å². The number of aromatic amines is 1. The number of rotatable bonds is 3. The first-order chi connectivity index (χ1) is 4.84. The largest absolute Gasteiger partial charge is 0.396 e. The van der Waals surface area contributed by atoms with E-state index in [1.165, 1.54) is 0 Å². The Labute approximate surface area is 60.3 Å². The SMILES string of the molecule is C[n+]1cc[nH]c1CCCO. The highest BCUT2D eigenvalue weighted by molar-refractivity contribution is 4.76. The molecular weight excluding hydrogens is 128 g/mol. The van der Waals surface area contributed by atoms with Crippen molar-refractivity contribution in [2.24, 2.45) is 7.05 Å². The van der Waals surface area contributed by atoms with Gasteiger partial charge in [0.25, 0.3) is 5.82 Å². The second kappa shape index (κ2) is 3.37. The van der Waals surface area contributed by atoms with Crippen molar-refractivity contribution in [2.45, 2.75) is 12.8 Å². The molecule has 1 heterocycles. The van der Waals surface area contributed by atoms with Crippen LogP contribution in [0.2, 0.25) is 0 Å². The van der Waals surface area contributed by atoms with Crippen LogP contribution < -0.4 is 4.57 Å². The van der Waals surface area contributed by atoms with Crippen LogP contribution in [0.3, 0.4) is 0 Å². The van der Waals surface area contributed by atoms with Gasteiger partial charge in [-0.25, -0.2) is 9.55 Å². The number of aromatic nitrogens is 2. The third-order valence-corrected chi connectivity index (χ3v) is 1.55. The summed E-state index contributed by atoms with van der Waals surface area (Å²) < 4.78 is 2.02. The molecule has 0 aliphatic rings. The summed E-state index contributed by atoms with van der Waals surface area (Å²) in [6.07, 6.45) is 5.60. The summed E-state index contributed by atoms with van der Waals surface area (Å²) in [5.74, 6) is 1.16. The molecule has 0 radical (unpaired) electrons. The molecule has 0 fully saturated rings. The number of H-pyrrole nitrogens is 1. The van der Waals surface area contributed by atoms with Gasteiger partial charge < -0.3 is 5.11 Å². The highest BCUT2D eigenvalue weighted by Gasteiger charge is 2.03. The van der Waals surface area contributed by atoms with Gasteiger partial charge in [0, 0.05) is 6.61 Å². The molecule has 0 bridgehead atoms. The van der Waals surface area contributed by atoms with Crippen LogP contribution in [0.4, 0.5) is 0 Å². The van der Waals surface area contributed by atoms with E-state index in [1.807, 2.05) is 24.0 Å². The van der Waals surface area contributed by atoms with Crippen LogP contribution in [0.25, 0.3) is 0 Å². The predicted molar refractivity (Wildman–Crippen MR) is 37.4 cm³/mol. The summed E-state index contributed by atoms with van der Waals surface area (Å²) in [6, 6.07) is 0. The molecule has 0 aliphatic carbocycles. The average molecular weight is 141 g/mol. The number of aryl methyl sites for hydroxylation is 2. The average Bonchev–Trinajstić information content (AvgIpc) is 2.31. The number of nitrogens with one attached hydrogen (secondary N) is 1. The lowest BCUT2D eigenvalue weighted by Gasteiger charge is -1.90. The van der Waals surface area contributed by atoms with Crippen molar-refractivity contribution < 1.29 is 9.67 Å². The summed E-state index contributed by atoms with van der Waals surface area (Å²) in [4.78, 5) is 3.09. The Morgan fingerprint density at radius 3 is 3.00 bits per heavy atom. The van der Waals surface area contributed by atoms with Crippen molar-refractivity contribution >= 4 is 0 Å². The fraction of sp³-hybridized carbons (Fsp3) is 0.571. The smallest absolute Gasteiger partial charge is 0.254 e. The van der Waals surface area contributed by atoms with Crippen LogP contribution >= 0.6 is 0 Å². The topological polar surface area (TPSA) is 39.9 Å². The molecule has 0 amide bonds. The maximum absolute atomic E-state index is 8.53. The predicted octanol–water partition coefficient (Wildman–Crippen LogP) is -0.236. The Balaban J connectivity index is 2.49. The molecule has 10 heavy (non-hydrogen) atoms. The van der Waals surface area contributed by atoms with Crippen molar-refractivity contribution in [1.82, 2.24) is 4.98 Å². The van der Waals surface area contributed by atoms with Gasteiger partial charge in [0.15, 0.2) is 0 Å². The highest BCUT2D eigenvalue weighted by atomic mass is 16.2. The van der Waals surface area contributed by atoms with Crippen molar-refractivity contribution in [3.63, 3.8) is 0 Å². The van der Waals surface area contributed by atoms with E-state index in [-0.39, 0.29) is 6.61 Å². The van der Waals surface area contributed by atoms with Gasteiger partial charge in [-0.05, 0) is 6.42 Å². The lowest BCUT2D eigenvalue weighted by atomic mass is 10.3. The summed E-state index contributed by atoms with van der Waals surface area (Å²) in [5, 5.41) is 8.53. The van der Waals surface area contributed by atoms with E-state index in [9.17, 15) is 0 Å². The summed E-state index contributed by atoms with van der Waals surface area (Å²) >= 11 is 0. The van der Waals surface area contributed by atoms with Crippen molar-refractivity contribution in [3.05, 3.63) is 18.2 Å². The molecule has 0 aliphatic heterocycles. The van der Waals surface area contributed by atoms with E-state index < -0.39 is 0 Å². The molecule has 0 spiro atoms. The second-order valence-corrected chi connectivity index (χ2v) is 2.34. The minimum atomic E-state index is 0.263. The molecule has 2 N–H and O–H groups in total. The molecular formula is C7H13N2O+. The van der Waals surface area contributed by atoms with Gasteiger partial charge in [-0.1, -0.05) is 0 Å². The third kappa shape index (κ3) is 1.57. The molecule has 3 heteroatoms. The Hall–Kier alpha value is -0.830. The molecule has 0 atom stereocenters. The Morgan fingerprint density at radius 1 is 1.70 bits per heavy atom. The molecule has 1 aromatic rings. The zero-order valence-corrected chi connectivity index (χ0v) is 6.17. The molecule has 3 nitrogen and oxygen atoms in total. The number of imidazole rings is 1. The molecule has 0 saturated heterocycles. The van der Waals surface area contributed by atoms with Crippen molar-refractivity contribution in [2.75, 3.05) is 6.61 Å². The lowest BCUT2D eigenvalue weighted by Crippen LogP contribution is -2.30. The highest BCUT2D eigenvalue weighted by Crippen LogP contribution is 1.90. The molecule has 1 aromatic heterocycles. The fourth-order valence-electron chi connectivity index (χ4n) is 0.932. The standard InChI is InChI=1S/C7H12N2O/c1-9-5-4-8-7(9)3-2-6-10/h4-5,10H,2-3,6H2,1H3/p+1. The maximum atomic E-state index is 8.53. The van der Waals surface area contributed by atoms with Gasteiger partial charge in [0.05, 0.1) is 13.5 Å². The number of aliphatic hydroxyl groups is 1. The van der Waals surface area contributed by atoms with Crippen LogP contribution in [0, 0.1) is 0 Å². The van der Waals surface area contributed by atoms with E-state index in [1.54, 1.807) is 0 Å². The Bertz CT molecular complexity index is 195. The minimum absolute atomic E-state index is 0.263. The third-order valence-electron chi connectivity index (χ3n) is 1.55. The van der Waals surface area contributed by atoms with Crippen LogP contribution in [0.15, 0.2) is 12.4 Å². The quantitative estimate of drug-likeness (QED) is 0.560. The number of hydrogen-bond acceptors (Lipinski definition) is 1. The Kier molecular flexibility index (Phi) is 2.45. The van der Waals surface area contributed by atoms with Crippen molar-refractivity contribution in [3.8, 4) is 0 Å². The first-order valence-electron chi connectivity index (χ1n) is 3.47. The first-order valence-corrected chi connectivity index (χ1v) is 3.47. The van der Waals surface area contributed by atoms with Crippen LogP contribution in [0.5, 0.6) is 0 Å². The van der Waals surface area contributed by atoms with Gasteiger partial charge in [-0.3, -0.25) is 0 Å². The molecule has 0 aromatic carbocycles. The zero-order chi connectivity index (χ0) is 7.40. The number of hydrogen-bond donors (Lipinski definition) is 2.